The number of aliphatic imine (C=N–C) groups is 2. The zero-order chi connectivity index (χ0) is 26.6. The summed E-state index contributed by atoms with van der Waals surface area (Å²) in [6, 6.07) is 0.806. The molecule has 3 N–H and O–H groups in total. The second-order valence-electron chi connectivity index (χ2n) is 10.2. The van der Waals surface area contributed by atoms with Crippen LogP contribution in [0.4, 0.5) is 0 Å². The van der Waals surface area contributed by atoms with Gasteiger partial charge in [-0.2, -0.15) is 0 Å². The maximum absolute atomic E-state index is 13.2. The van der Waals surface area contributed by atoms with Gasteiger partial charge in [0.2, 0.25) is 11.9 Å². The number of carbonyl (C=O) groups is 2. The predicted molar refractivity (Wildman–Crippen MR) is 145 cm³/mol. The monoisotopic (exact) mass is 537 g/mol. The summed E-state index contributed by atoms with van der Waals surface area (Å²) in [6.07, 6.45) is 1.63. The van der Waals surface area contributed by atoms with Crippen LogP contribution in [0.25, 0.3) is 5.70 Å². The molecule has 0 radical (unpaired) electrons. The molecule has 0 aromatic carbocycles. The Bertz CT molecular complexity index is 1050. The Hall–Kier alpha value is -2.27. The van der Waals surface area contributed by atoms with Crippen molar-refractivity contribution in [3.63, 3.8) is 0 Å². The van der Waals surface area contributed by atoms with Crippen molar-refractivity contribution in [1.29, 1.82) is 0 Å². The van der Waals surface area contributed by atoms with Crippen LogP contribution >= 0.6 is 22.9 Å². The summed E-state index contributed by atoms with van der Waals surface area (Å²) >= 11 is 7.86. The van der Waals surface area contributed by atoms with E-state index in [-0.39, 0.29) is 29.9 Å². The van der Waals surface area contributed by atoms with E-state index in [1.54, 1.807) is 24.8 Å². The number of carbonyl (C=O) groups excluding carboxylic acids is 2. The van der Waals surface area contributed by atoms with Gasteiger partial charge in [-0.15, -0.1) is 11.3 Å². The van der Waals surface area contributed by atoms with Crippen molar-refractivity contribution >= 4 is 53.1 Å². The molecule has 9 nitrogen and oxygen atoms in total. The van der Waals surface area contributed by atoms with Crippen LogP contribution in [0.5, 0.6) is 0 Å². The van der Waals surface area contributed by atoms with Crippen LogP contribution in [0.15, 0.2) is 21.1 Å². The van der Waals surface area contributed by atoms with Crippen molar-refractivity contribution in [2.75, 3.05) is 19.8 Å². The van der Waals surface area contributed by atoms with Crippen LogP contribution in [0.1, 0.15) is 67.6 Å². The summed E-state index contributed by atoms with van der Waals surface area (Å²) in [6.45, 7) is 14.4. The van der Waals surface area contributed by atoms with E-state index in [0.717, 1.165) is 22.6 Å². The number of halogens is 1. The van der Waals surface area contributed by atoms with Gasteiger partial charge in [0, 0.05) is 23.1 Å². The molecule has 1 fully saturated rings. The first-order chi connectivity index (χ1) is 17.0. The minimum Gasteiger partial charge on any atom is -0.394 e. The summed E-state index contributed by atoms with van der Waals surface area (Å²) in [5.41, 5.74) is 0.862. The molecule has 3 rings (SSSR count). The Balaban J connectivity index is 1.74. The van der Waals surface area contributed by atoms with Crippen LogP contribution in [0, 0.1) is 5.41 Å². The first-order valence-corrected chi connectivity index (χ1v) is 13.3. The molecule has 198 valence electrons. The highest BCUT2D eigenvalue weighted by atomic mass is 35.5. The number of guanidine groups is 1. The Morgan fingerprint density at radius 2 is 2.06 bits per heavy atom. The number of nitrogens with zero attached hydrogens (tertiary/aromatic N) is 3. The second kappa shape index (κ2) is 11.9. The number of fused-ring (bicyclic) bond motifs is 1. The SMILES string of the molecule is C=NC(=NC1CCOCC1)N/C(=C(\C)Cl)c1cc2c(s1)CN([C@H](C)C(=O)N[C@H](CO)C(C)(C)C)C2=O. The van der Waals surface area contributed by atoms with Gasteiger partial charge < -0.3 is 25.4 Å². The number of aliphatic hydroxyl groups is 1. The average Bonchev–Trinajstić information content (AvgIpc) is 3.38. The third-order valence-corrected chi connectivity index (χ3v) is 7.81. The Labute approximate surface area is 221 Å². The molecule has 2 aliphatic heterocycles. The quantitative estimate of drug-likeness (QED) is 0.364. The summed E-state index contributed by atoms with van der Waals surface area (Å²) in [5.74, 6) is -0.130. The summed E-state index contributed by atoms with van der Waals surface area (Å²) in [5, 5.41) is 16.3. The van der Waals surface area contributed by atoms with Gasteiger partial charge >= 0.3 is 0 Å². The lowest BCUT2D eigenvalue weighted by molar-refractivity contribution is -0.127. The molecule has 0 spiro atoms. The molecule has 0 aliphatic carbocycles. The van der Waals surface area contributed by atoms with Gasteiger partial charge in [0.1, 0.15) is 6.04 Å². The van der Waals surface area contributed by atoms with Crippen molar-refractivity contribution in [2.45, 2.75) is 72.1 Å². The standard InChI is InChI=1S/C25H36ClN5O4S/c1-14(26)21(30-24(27-6)28-16-7-9-35-10-8-16)18-11-17-19(36-18)12-31(23(17)34)15(2)22(33)29-20(13-32)25(3,4)5/h11,15-16,20,32H,6-10,12-13H2,1-5H3,(H,28,30)(H,29,33)/b21-14+/t15-,20-/m1/s1. The minimum atomic E-state index is -0.678. The van der Waals surface area contributed by atoms with Crippen LogP contribution in [-0.4, -0.2) is 72.4 Å². The van der Waals surface area contributed by atoms with E-state index >= 15 is 0 Å². The third-order valence-electron chi connectivity index (χ3n) is 6.48. The van der Waals surface area contributed by atoms with Crippen LogP contribution < -0.4 is 10.6 Å². The largest absolute Gasteiger partial charge is 0.394 e. The molecule has 1 aromatic heterocycles. The number of hydrogen-bond acceptors (Lipinski definition) is 6. The van der Waals surface area contributed by atoms with Crippen LogP contribution in [-0.2, 0) is 16.1 Å². The fourth-order valence-corrected chi connectivity index (χ4v) is 5.46. The summed E-state index contributed by atoms with van der Waals surface area (Å²) < 4.78 is 5.39. The molecule has 0 unspecified atom stereocenters. The molecule has 2 atom stereocenters. The van der Waals surface area contributed by atoms with Crippen molar-refractivity contribution in [1.82, 2.24) is 15.5 Å². The highest BCUT2D eigenvalue weighted by Crippen LogP contribution is 2.36. The number of nitrogens with one attached hydrogen (secondary N) is 2. The highest BCUT2D eigenvalue weighted by Gasteiger charge is 2.37. The first kappa shape index (κ1) is 28.3. The van der Waals surface area contributed by atoms with Gasteiger partial charge in [0.25, 0.3) is 5.91 Å². The normalized spacial score (nSPS) is 19.5. The zero-order valence-electron chi connectivity index (χ0n) is 21.6. The zero-order valence-corrected chi connectivity index (χ0v) is 23.1. The van der Waals surface area contributed by atoms with Gasteiger partial charge in [-0.3, -0.25) is 9.59 Å². The molecular formula is C25H36ClN5O4S. The fourth-order valence-electron chi connectivity index (χ4n) is 4.04. The molecule has 2 aliphatic rings. The average molecular weight is 538 g/mol. The molecule has 36 heavy (non-hydrogen) atoms. The fraction of sp³-hybridized carbons (Fsp3) is 0.600. The highest BCUT2D eigenvalue weighted by molar-refractivity contribution is 7.13. The van der Waals surface area contributed by atoms with E-state index in [9.17, 15) is 14.7 Å². The van der Waals surface area contributed by atoms with Gasteiger partial charge in [0.15, 0.2) is 0 Å². The van der Waals surface area contributed by atoms with Gasteiger partial charge in [-0.1, -0.05) is 32.4 Å². The van der Waals surface area contributed by atoms with Crippen molar-refractivity contribution in [3.8, 4) is 0 Å². The number of rotatable bonds is 7. The van der Waals surface area contributed by atoms with Crippen LogP contribution in [0.3, 0.4) is 0 Å². The maximum Gasteiger partial charge on any atom is 0.256 e. The topological polar surface area (TPSA) is 116 Å². The minimum absolute atomic E-state index is 0.100. The number of ether oxygens (including phenoxy) is 1. The lowest BCUT2D eigenvalue weighted by atomic mass is 9.87. The molecular weight excluding hydrogens is 502 g/mol. The molecule has 0 bridgehead atoms. The summed E-state index contributed by atoms with van der Waals surface area (Å²) in [7, 11) is 0. The van der Waals surface area contributed by atoms with Crippen molar-refractivity contribution in [3.05, 3.63) is 26.4 Å². The number of amides is 2. The number of thiophene rings is 1. The van der Waals surface area contributed by atoms with Crippen molar-refractivity contribution < 1.29 is 19.4 Å². The molecule has 0 saturated carbocycles. The van der Waals surface area contributed by atoms with Crippen molar-refractivity contribution in [2.24, 2.45) is 15.4 Å². The summed E-state index contributed by atoms with van der Waals surface area (Å²) in [4.78, 5) is 37.9. The third kappa shape index (κ3) is 6.53. The number of allylic oxidation sites excluding steroid dienone is 1. The lowest BCUT2D eigenvalue weighted by Gasteiger charge is -2.32. The van der Waals surface area contributed by atoms with E-state index in [1.165, 1.54) is 11.3 Å². The van der Waals surface area contributed by atoms with E-state index in [4.69, 9.17) is 16.3 Å². The molecule has 1 saturated heterocycles. The first-order valence-electron chi connectivity index (χ1n) is 12.1. The number of hydrogen-bond donors (Lipinski definition) is 3. The Morgan fingerprint density at radius 3 is 2.58 bits per heavy atom. The lowest BCUT2D eigenvalue weighted by Crippen LogP contribution is -2.53. The van der Waals surface area contributed by atoms with Gasteiger partial charge in [-0.25, -0.2) is 9.98 Å². The van der Waals surface area contributed by atoms with E-state index in [2.05, 4.69) is 27.3 Å². The molecule has 3 heterocycles. The van der Waals surface area contributed by atoms with E-state index < -0.39 is 12.1 Å². The van der Waals surface area contributed by atoms with Gasteiger partial charge in [0.05, 0.1) is 41.4 Å². The Morgan fingerprint density at radius 1 is 1.39 bits per heavy atom. The molecule has 1 aromatic rings. The van der Waals surface area contributed by atoms with E-state index in [0.29, 0.717) is 42.0 Å². The second-order valence-corrected chi connectivity index (χ2v) is 11.9. The Kier molecular flexibility index (Phi) is 9.32. The maximum atomic E-state index is 13.2. The van der Waals surface area contributed by atoms with E-state index in [1.807, 2.05) is 20.8 Å². The smallest absolute Gasteiger partial charge is 0.256 e. The van der Waals surface area contributed by atoms with Crippen LogP contribution in [0.2, 0.25) is 0 Å². The van der Waals surface area contributed by atoms with Gasteiger partial charge in [-0.05, 0) is 44.9 Å². The predicted octanol–water partition coefficient (Wildman–Crippen LogP) is 3.37. The number of aliphatic hydroxyl groups excluding tert-OH is 1. The molecule has 2 amide bonds. The molecule has 11 heteroatoms.